The number of hydrogen-bond donors (Lipinski definition) is 2. The molecule has 7 nitrogen and oxygen atoms in total. The van der Waals surface area contributed by atoms with E-state index >= 15 is 4.39 Å². The number of anilines is 1. The topological polar surface area (TPSA) is 74.7 Å². The van der Waals surface area contributed by atoms with Gasteiger partial charge in [-0.25, -0.2) is 18.7 Å². The van der Waals surface area contributed by atoms with E-state index in [1.807, 2.05) is 19.2 Å². The lowest BCUT2D eigenvalue weighted by atomic mass is 9.86. The Balaban J connectivity index is 1.31. The Morgan fingerprint density at radius 3 is 2.69 bits per heavy atom. The molecular formula is C27H33F2N7. The third-order valence-electron chi connectivity index (χ3n) is 8.03. The zero-order valence-corrected chi connectivity index (χ0v) is 20.9. The van der Waals surface area contributed by atoms with Crippen LogP contribution in [0.5, 0.6) is 0 Å². The predicted octanol–water partition coefficient (Wildman–Crippen LogP) is 5.77. The molecule has 1 aliphatic carbocycles. The smallest absolute Gasteiger partial charge is 0.224 e. The Morgan fingerprint density at radius 2 is 1.92 bits per heavy atom. The van der Waals surface area contributed by atoms with E-state index in [1.165, 1.54) is 0 Å². The van der Waals surface area contributed by atoms with Crippen LogP contribution >= 0.6 is 0 Å². The summed E-state index contributed by atoms with van der Waals surface area (Å²) in [7, 11) is 2.14. The summed E-state index contributed by atoms with van der Waals surface area (Å²) >= 11 is 0. The minimum atomic E-state index is -1.20. The quantitative estimate of drug-likeness (QED) is 0.369. The zero-order chi connectivity index (χ0) is 24.9. The summed E-state index contributed by atoms with van der Waals surface area (Å²) in [5.41, 5.74) is 2.28. The van der Waals surface area contributed by atoms with Gasteiger partial charge < -0.3 is 19.8 Å². The SMILES string of the molecule is Cc1nc2c(F)cc(-c3c[nH]c4nc(NCC5(F)CCCCC5)ncc34)cc2n1C1CCN(C)CC1. The highest BCUT2D eigenvalue weighted by molar-refractivity contribution is 5.96. The number of benzene rings is 1. The van der Waals surface area contributed by atoms with Crippen LogP contribution in [0.4, 0.5) is 14.7 Å². The number of hydrogen-bond acceptors (Lipinski definition) is 5. The van der Waals surface area contributed by atoms with E-state index in [0.717, 1.165) is 73.0 Å². The molecule has 2 fully saturated rings. The van der Waals surface area contributed by atoms with Gasteiger partial charge in [0.05, 0.1) is 12.1 Å². The van der Waals surface area contributed by atoms with Crippen molar-refractivity contribution in [3.05, 3.63) is 36.2 Å². The second-order valence-corrected chi connectivity index (χ2v) is 10.6. The van der Waals surface area contributed by atoms with Crippen molar-refractivity contribution in [3.63, 3.8) is 0 Å². The lowest BCUT2D eigenvalue weighted by Gasteiger charge is -2.30. The summed E-state index contributed by atoms with van der Waals surface area (Å²) < 4.78 is 32.5. The van der Waals surface area contributed by atoms with Gasteiger partial charge in [-0.2, -0.15) is 4.98 Å². The molecule has 2 aliphatic rings. The van der Waals surface area contributed by atoms with E-state index in [1.54, 1.807) is 12.3 Å². The van der Waals surface area contributed by atoms with Crippen LogP contribution in [0.3, 0.4) is 0 Å². The molecule has 3 aromatic heterocycles. The molecule has 0 radical (unpaired) electrons. The van der Waals surface area contributed by atoms with Crippen molar-refractivity contribution in [3.8, 4) is 11.1 Å². The van der Waals surface area contributed by atoms with E-state index in [2.05, 4.69) is 41.8 Å². The maximum atomic E-state index is 15.3. The van der Waals surface area contributed by atoms with Gasteiger partial charge in [0.1, 0.15) is 22.7 Å². The molecule has 190 valence electrons. The van der Waals surface area contributed by atoms with Crippen molar-refractivity contribution in [2.24, 2.45) is 0 Å². The van der Waals surface area contributed by atoms with Gasteiger partial charge >= 0.3 is 0 Å². The average molecular weight is 494 g/mol. The molecule has 36 heavy (non-hydrogen) atoms. The average Bonchev–Trinajstić information content (AvgIpc) is 3.44. The number of piperidine rings is 1. The number of aromatic amines is 1. The number of aromatic nitrogens is 5. The molecule has 0 atom stereocenters. The number of imidazole rings is 1. The fourth-order valence-corrected chi connectivity index (χ4v) is 5.97. The molecule has 1 aromatic carbocycles. The van der Waals surface area contributed by atoms with Crippen LogP contribution in [0.25, 0.3) is 33.2 Å². The molecule has 1 aliphatic heterocycles. The highest BCUT2D eigenvalue weighted by Gasteiger charge is 2.31. The van der Waals surface area contributed by atoms with Gasteiger partial charge in [-0.3, -0.25) is 0 Å². The summed E-state index contributed by atoms with van der Waals surface area (Å²) in [6.07, 6.45) is 9.72. The highest BCUT2D eigenvalue weighted by Crippen LogP contribution is 2.35. The van der Waals surface area contributed by atoms with Gasteiger partial charge in [-0.15, -0.1) is 0 Å². The number of nitrogens with zero attached hydrogens (tertiary/aromatic N) is 5. The minimum absolute atomic E-state index is 0.217. The van der Waals surface area contributed by atoms with E-state index in [0.29, 0.717) is 36.0 Å². The molecule has 6 rings (SSSR count). The number of halogens is 2. The standard InChI is InChI=1S/C27H33F2N7/c1-17-33-24-22(28)12-18(13-23(24)36(17)19-6-10-35(2)11-7-19)20-14-30-25-21(20)15-31-26(34-25)32-16-27(29)8-4-3-5-9-27/h12-15,19H,3-11,16H2,1-2H3,(H2,30,31,32,34). The first kappa shape index (κ1) is 23.3. The summed E-state index contributed by atoms with van der Waals surface area (Å²) in [5.74, 6) is 0.917. The number of H-pyrrole nitrogens is 1. The molecule has 4 aromatic rings. The second-order valence-electron chi connectivity index (χ2n) is 10.6. The first-order valence-electron chi connectivity index (χ1n) is 13.0. The van der Waals surface area contributed by atoms with Crippen LogP contribution in [0.2, 0.25) is 0 Å². The Bertz CT molecular complexity index is 1390. The van der Waals surface area contributed by atoms with E-state index in [9.17, 15) is 4.39 Å². The number of rotatable bonds is 5. The van der Waals surface area contributed by atoms with Gasteiger partial charge in [0.25, 0.3) is 0 Å². The lowest BCUT2D eigenvalue weighted by molar-refractivity contribution is 0.122. The maximum Gasteiger partial charge on any atom is 0.224 e. The monoisotopic (exact) mass is 493 g/mol. The first-order valence-corrected chi connectivity index (χ1v) is 13.0. The number of alkyl halides is 1. The fraction of sp³-hybridized carbons (Fsp3) is 0.519. The van der Waals surface area contributed by atoms with Crippen LogP contribution in [0.15, 0.2) is 24.5 Å². The van der Waals surface area contributed by atoms with Crippen LogP contribution in [-0.2, 0) is 0 Å². The molecule has 4 heterocycles. The fourth-order valence-electron chi connectivity index (χ4n) is 5.97. The Labute approximate surface area is 209 Å². The van der Waals surface area contributed by atoms with Crippen molar-refractivity contribution in [2.75, 3.05) is 32.0 Å². The van der Waals surface area contributed by atoms with Crippen LogP contribution in [-0.4, -0.2) is 61.8 Å². The minimum Gasteiger partial charge on any atom is -0.351 e. The van der Waals surface area contributed by atoms with E-state index in [-0.39, 0.29) is 12.4 Å². The van der Waals surface area contributed by atoms with Crippen molar-refractivity contribution in [1.29, 1.82) is 0 Å². The number of fused-ring (bicyclic) bond motifs is 2. The van der Waals surface area contributed by atoms with Crippen molar-refractivity contribution in [2.45, 2.75) is 63.6 Å². The normalized spacial score (nSPS) is 19.3. The Hall–Kier alpha value is -3.07. The van der Waals surface area contributed by atoms with E-state index < -0.39 is 5.67 Å². The van der Waals surface area contributed by atoms with Gasteiger partial charge in [0, 0.05) is 29.4 Å². The highest BCUT2D eigenvalue weighted by atomic mass is 19.1. The predicted molar refractivity (Wildman–Crippen MR) is 138 cm³/mol. The second kappa shape index (κ2) is 9.10. The van der Waals surface area contributed by atoms with Gasteiger partial charge in [0.2, 0.25) is 5.95 Å². The number of aryl methyl sites for hydroxylation is 1. The summed E-state index contributed by atoms with van der Waals surface area (Å²) in [5, 5.41) is 3.89. The molecular weight excluding hydrogens is 460 g/mol. The molecule has 0 amide bonds. The first-order chi connectivity index (χ1) is 17.4. The molecule has 2 N–H and O–H groups in total. The third-order valence-corrected chi connectivity index (χ3v) is 8.03. The van der Waals surface area contributed by atoms with Crippen molar-refractivity contribution >= 4 is 28.0 Å². The van der Waals surface area contributed by atoms with Crippen molar-refractivity contribution < 1.29 is 8.78 Å². The number of likely N-dealkylation sites (tertiary alicyclic amines) is 1. The number of nitrogens with one attached hydrogen (secondary N) is 2. The molecule has 0 spiro atoms. The largest absolute Gasteiger partial charge is 0.351 e. The van der Waals surface area contributed by atoms with Gasteiger partial charge in [0.15, 0.2) is 5.82 Å². The van der Waals surface area contributed by atoms with E-state index in [4.69, 9.17) is 0 Å². The summed E-state index contributed by atoms with van der Waals surface area (Å²) in [6.45, 7) is 4.21. The van der Waals surface area contributed by atoms with Gasteiger partial charge in [-0.05, 0) is 70.4 Å². The lowest BCUT2D eigenvalue weighted by Crippen LogP contribution is -2.34. The molecule has 1 saturated carbocycles. The molecule has 9 heteroatoms. The third kappa shape index (κ3) is 4.23. The molecule has 1 saturated heterocycles. The van der Waals surface area contributed by atoms with Crippen LogP contribution in [0, 0.1) is 12.7 Å². The Morgan fingerprint density at radius 1 is 1.14 bits per heavy atom. The maximum absolute atomic E-state index is 15.3. The molecule has 0 bridgehead atoms. The van der Waals surface area contributed by atoms with Crippen LogP contribution in [0.1, 0.15) is 56.8 Å². The zero-order valence-electron chi connectivity index (χ0n) is 20.9. The summed E-state index contributed by atoms with van der Waals surface area (Å²) in [4.78, 5) is 19.1. The van der Waals surface area contributed by atoms with Gasteiger partial charge in [-0.1, -0.05) is 19.3 Å². The Kier molecular flexibility index (Phi) is 5.90. The summed E-state index contributed by atoms with van der Waals surface area (Å²) in [6, 6.07) is 3.88. The van der Waals surface area contributed by atoms with Crippen molar-refractivity contribution in [1.82, 2.24) is 29.4 Å². The molecule has 0 unspecified atom stereocenters. The van der Waals surface area contributed by atoms with Crippen LogP contribution < -0.4 is 5.32 Å².